The minimum Gasteiger partial charge on any atom is -0.365 e. The van der Waals surface area contributed by atoms with Gasteiger partial charge in [-0.2, -0.15) is 0 Å². The molecule has 0 saturated carbocycles. The predicted molar refractivity (Wildman–Crippen MR) is 73.6 cm³/mol. The van der Waals surface area contributed by atoms with Crippen molar-refractivity contribution in [2.45, 2.75) is 11.9 Å². The van der Waals surface area contributed by atoms with Gasteiger partial charge in [-0.3, -0.25) is 14.4 Å². The molecule has 1 rings (SSSR count). The van der Waals surface area contributed by atoms with E-state index in [2.05, 4.69) is 10.3 Å². The number of carbonyl (C=O) groups excluding carboxylic acids is 3. The molecule has 6 N–H and O–H groups in total. The van der Waals surface area contributed by atoms with E-state index in [-0.39, 0.29) is 22.8 Å². The molecule has 0 fully saturated rings. The molecule has 19 heavy (non-hydrogen) atoms. The van der Waals surface area contributed by atoms with E-state index in [9.17, 15) is 14.4 Å². The van der Waals surface area contributed by atoms with Crippen molar-refractivity contribution in [3.8, 4) is 0 Å². The standard InChI is InChI=1S/C10H13ClN4O3S/c1-2-19-10-6(8(13)18)5(7(12)17)9(15-10)14-4(16)3-11/h15H,2-3H2,1H3,(H2,12,17)(H2,13,18)(H,14,16). The summed E-state index contributed by atoms with van der Waals surface area (Å²) in [5, 5.41) is 2.75. The summed E-state index contributed by atoms with van der Waals surface area (Å²) in [4.78, 5) is 36.9. The molecule has 1 aromatic heterocycles. The number of rotatable bonds is 6. The molecule has 0 bridgehead atoms. The highest BCUT2D eigenvalue weighted by Crippen LogP contribution is 2.30. The van der Waals surface area contributed by atoms with Gasteiger partial charge in [0.1, 0.15) is 11.7 Å². The number of nitrogens with one attached hydrogen (secondary N) is 2. The Labute approximate surface area is 118 Å². The second-order valence-electron chi connectivity index (χ2n) is 3.42. The number of thioether (sulfide) groups is 1. The van der Waals surface area contributed by atoms with Crippen LogP contribution in [0.2, 0.25) is 0 Å². The molecule has 7 nitrogen and oxygen atoms in total. The average Bonchev–Trinajstić information content (AvgIpc) is 2.68. The van der Waals surface area contributed by atoms with E-state index in [0.717, 1.165) is 0 Å². The fourth-order valence-electron chi connectivity index (χ4n) is 1.48. The Bertz CT molecular complexity index is 529. The second kappa shape index (κ2) is 6.48. The summed E-state index contributed by atoms with van der Waals surface area (Å²) in [5.41, 5.74) is 10.3. The number of amides is 3. The SMILES string of the molecule is CCSc1[nH]c(NC(=O)CCl)c(C(N)=O)c1C(N)=O. The number of aromatic nitrogens is 1. The molecule has 9 heteroatoms. The minimum atomic E-state index is -0.863. The van der Waals surface area contributed by atoms with Gasteiger partial charge >= 0.3 is 0 Å². The zero-order valence-electron chi connectivity index (χ0n) is 10.1. The van der Waals surface area contributed by atoms with Crippen molar-refractivity contribution in [3.63, 3.8) is 0 Å². The number of alkyl halides is 1. The molecule has 0 radical (unpaired) electrons. The number of anilines is 1. The van der Waals surface area contributed by atoms with E-state index in [4.69, 9.17) is 23.1 Å². The van der Waals surface area contributed by atoms with Gasteiger partial charge < -0.3 is 21.8 Å². The molecule has 0 aliphatic heterocycles. The van der Waals surface area contributed by atoms with E-state index < -0.39 is 17.7 Å². The number of H-pyrrole nitrogens is 1. The van der Waals surface area contributed by atoms with Crippen molar-refractivity contribution < 1.29 is 14.4 Å². The predicted octanol–water partition coefficient (Wildman–Crippen LogP) is 0.502. The lowest BCUT2D eigenvalue weighted by Crippen LogP contribution is -2.22. The van der Waals surface area contributed by atoms with Crippen LogP contribution in [0.15, 0.2) is 5.03 Å². The highest BCUT2D eigenvalue weighted by Gasteiger charge is 2.26. The quantitative estimate of drug-likeness (QED) is 0.450. The van der Waals surface area contributed by atoms with Crippen molar-refractivity contribution in [1.82, 2.24) is 4.98 Å². The van der Waals surface area contributed by atoms with Crippen LogP contribution in [0.3, 0.4) is 0 Å². The van der Waals surface area contributed by atoms with Crippen molar-refractivity contribution >= 4 is 46.9 Å². The van der Waals surface area contributed by atoms with E-state index in [1.165, 1.54) is 11.8 Å². The second-order valence-corrected chi connectivity index (χ2v) is 4.96. The van der Waals surface area contributed by atoms with Gasteiger partial charge in [-0.15, -0.1) is 23.4 Å². The first kappa shape index (κ1) is 15.4. The number of carbonyl (C=O) groups is 3. The molecule has 0 aromatic carbocycles. The van der Waals surface area contributed by atoms with Crippen LogP contribution in [-0.2, 0) is 4.79 Å². The van der Waals surface area contributed by atoms with Crippen molar-refractivity contribution in [2.24, 2.45) is 11.5 Å². The lowest BCUT2D eigenvalue weighted by molar-refractivity contribution is -0.113. The van der Waals surface area contributed by atoms with Crippen LogP contribution in [0, 0.1) is 0 Å². The number of hydrogen-bond acceptors (Lipinski definition) is 4. The van der Waals surface area contributed by atoms with Gasteiger partial charge in [0.2, 0.25) is 5.91 Å². The van der Waals surface area contributed by atoms with Gasteiger partial charge in [0.25, 0.3) is 11.8 Å². The number of halogens is 1. The van der Waals surface area contributed by atoms with Gasteiger partial charge in [-0.1, -0.05) is 6.92 Å². The first-order valence-electron chi connectivity index (χ1n) is 5.26. The van der Waals surface area contributed by atoms with Crippen LogP contribution in [-0.4, -0.2) is 34.3 Å². The van der Waals surface area contributed by atoms with Gasteiger partial charge in [0.15, 0.2) is 0 Å². The molecular formula is C10H13ClN4O3S. The number of primary amides is 2. The van der Waals surface area contributed by atoms with Crippen LogP contribution >= 0.6 is 23.4 Å². The van der Waals surface area contributed by atoms with E-state index in [1.807, 2.05) is 6.92 Å². The van der Waals surface area contributed by atoms with Gasteiger partial charge in [-0.25, -0.2) is 0 Å². The Balaban J connectivity index is 3.37. The maximum atomic E-state index is 11.4. The molecule has 0 unspecified atom stereocenters. The molecule has 0 aliphatic rings. The highest BCUT2D eigenvalue weighted by molar-refractivity contribution is 7.99. The van der Waals surface area contributed by atoms with Crippen LogP contribution in [0.25, 0.3) is 0 Å². The molecule has 0 spiro atoms. The summed E-state index contributed by atoms with van der Waals surface area (Å²) in [6, 6.07) is 0. The maximum absolute atomic E-state index is 11.4. The topological polar surface area (TPSA) is 131 Å². The zero-order valence-corrected chi connectivity index (χ0v) is 11.7. The van der Waals surface area contributed by atoms with Crippen molar-refractivity contribution in [1.29, 1.82) is 0 Å². The largest absolute Gasteiger partial charge is 0.365 e. The number of aromatic amines is 1. The Morgan fingerprint density at radius 2 is 1.84 bits per heavy atom. The lowest BCUT2D eigenvalue weighted by atomic mass is 10.1. The van der Waals surface area contributed by atoms with Gasteiger partial charge in [0.05, 0.1) is 16.2 Å². The fraction of sp³-hybridized carbons (Fsp3) is 0.300. The van der Waals surface area contributed by atoms with E-state index >= 15 is 0 Å². The normalized spacial score (nSPS) is 10.2. The molecule has 1 heterocycles. The maximum Gasteiger partial charge on any atom is 0.253 e. The Morgan fingerprint density at radius 3 is 2.26 bits per heavy atom. The first-order valence-corrected chi connectivity index (χ1v) is 6.78. The third-order valence-corrected chi connectivity index (χ3v) is 3.26. The summed E-state index contributed by atoms with van der Waals surface area (Å²) in [7, 11) is 0. The molecule has 0 saturated heterocycles. The minimum absolute atomic E-state index is 0.0239. The number of hydrogen-bond donors (Lipinski definition) is 4. The van der Waals surface area contributed by atoms with Crippen LogP contribution in [0.5, 0.6) is 0 Å². The highest BCUT2D eigenvalue weighted by atomic mass is 35.5. The molecular weight excluding hydrogens is 292 g/mol. The van der Waals surface area contributed by atoms with Crippen LogP contribution in [0.1, 0.15) is 27.6 Å². The Kier molecular flexibility index (Phi) is 5.25. The smallest absolute Gasteiger partial charge is 0.253 e. The zero-order chi connectivity index (χ0) is 14.6. The van der Waals surface area contributed by atoms with E-state index in [1.54, 1.807) is 0 Å². The van der Waals surface area contributed by atoms with Crippen molar-refractivity contribution in [3.05, 3.63) is 11.1 Å². The molecule has 0 aliphatic carbocycles. The van der Waals surface area contributed by atoms with Crippen molar-refractivity contribution in [2.75, 3.05) is 16.9 Å². The molecule has 1 aromatic rings. The van der Waals surface area contributed by atoms with Crippen LogP contribution in [0.4, 0.5) is 5.82 Å². The lowest BCUT2D eigenvalue weighted by Gasteiger charge is -2.02. The van der Waals surface area contributed by atoms with Crippen LogP contribution < -0.4 is 16.8 Å². The van der Waals surface area contributed by atoms with Gasteiger partial charge in [-0.05, 0) is 5.75 Å². The third kappa shape index (κ3) is 3.42. The molecule has 3 amide bonds. The summed E-state index contributed by atoms with van der Waals surface area (Å²) in [5.74, 6) is -1.82. The Morgan fingerprint density at radius 1 is 1.26 bits per heavy atom. The third-order valence-electron chi connectivity index (χ3n) is 2.13. The summed E-state index contributed by atoms with van der Waals surface area (Å²) in [6.07, 6.45) is 0. The fourth-order valence-corrected chi connectivity index (χ4v) is 2.35. The summed E-state index contributed by atoms with van der Waals surface area (Å²) < 4.78 is 0. The first-order chi connectivity index (χ1) is 8.92. The molecule has 0 atom stereocenters. The summed E-state index contributed by atoms with van der Waals surface area (Å²) >= 11 is 6.63. The number of nitrogens with two attached hydrogens (primary N) is 2. The molecule has 104 valence electrons. The Hall–Kier alpha value is -1.67. The monoisotopic (exact) mass is 304 g/mol. The average molecular weight is 305 g/mol. The summed E-state index contributed by atoms with van der Waals surface area (Å²) in [6.45, 7) is 1.86. The van der Waals surface area contributed by atoms with Gasteiger partial charge in [0, 0.05) is 0 Å². The van der Waals surface area contributed by atoms with E-state index in [0.29, 0.717) is 10.8 Å².